The van der Waals surface area contributed by atoms with Crippen LogP contribution in [-0.4, -0.2) is 70.9 Å². The highest BCUT2D eigenvalue weighted by molar-refractivity contribution is 7.88. The third-order valence-corrected chi connectivity index (χ3v) is 5.97. The van der Waals surface area contributed by atoms with Crippen LogP contribution in [-0.2, 0) is 14.8 Å². The first-order chi connectivity index (χ1) is 11.8. The second kappa shape index (κ2) is 11.0. The van der Waals surface area contributed by atoms with E-state index in [0.717, 1.165) is 44.9 Å². The monoisotopic (exact) mass is 376 g/mol. The van der Waals surface area contributed by atoms with Gasteiger partial charge in [-0.25, -0.2) is 12.7 Å². The molecule has 7 nitrogen and oxygen atoms in total. The van der Waals surface area contributed by atoms with Gasteiger partial charge in [0.2, 0.25) is 10.0 Å². The minimum Gasteiger partial charge on any atom is -0.378 e. The third-order valence-electron chi connectivity index (χ3n) is 4.67. The summed E-state index contributed by atoms with van der Waals surface area (Å²) in [5, 5.41) is 6.70. The highest BCUT2D eigenvalue weighted by Gasteiger charge is 2.24. The van der Waals surface area contributed by atoms with E-state index in [0.29, 0.717) is 24.9 Å². The third kappa shape index (κ3) is 8.37. The average molecular weight is 377 g/mol. The van der Waals surface area contributed by atoms with Crippen molar-refractivity contribution < 1.29 is 13.2 Å². The molecule has 1 aliphatic heterocycles. The molecule has 1 fully saturated rings. The number of hydrogen-bond acceptors (Lipinski definition) is 4. The van der Waals surface area contributed by atoms with Crippen LogP contribution in [0, 0.1) is 11.8 Å². The second-order valence-electron chi connectivity index (χ2n) is 7.01. The number of nitrogens with one attached hydrogen (secondary N) is 2. The molecule has 25 heavy (non-hydrogen) atoms. The van der Waals surface area contributed by atoms with Gasteiger partial charge in [0, 0.05) is 39.8 Å². The molecule has 0 aliphatic carbocycles. The Labute approximate surface area is 153 Å². The largest absolute Gasteiger partial charge is 0.378 e. The molecule has 0 aromatic heterocycles. The summed E-state index contributed by atoms with van der Waals surface area (Å²) < 4.78 is 30.4. The van der Waals surface area contributed by atoms with Gasteiger partial charge in [-0.2, -0.15) is 0 Å². The van der Waals surface area contributed by atoms with Crippen molar-refractivity contribution in [2.75, 3.05) is 46.1 Å². The molecule has 0 aromatic carbocycles. The summed E-state index contributed by atoms with van der Waals surface area (Å²) >= 11 is 0. The number of sulfonamides is 1. The predicted octanol–water partition coefficient (Wildman–Crippen LogP) is 1.27. The van der Waals surface area contributed by atoms with Crippen LogP contribution in [0.3, 0.4) is 0 Å². The van der Waals surface area contributed by atoms with E-state index in [-0.39, 0.29) is 6.10 Å². The first kappa shape index (κ1) is 22.2. The number of piperidine rings is 1. The first-order valence-electron chi connectivity index (χ1n) is 9.29. The molecule has 0 aromatic rings. The zero-order chi connectivity index (χ0) is 18.9. The molecule has 8 heteroatoms. The van der Waals surface area contributed by atoms with Crippen molar-refractivity contribution in [1.82, 2.24) is 14.9 Å². The van der Waals surface area contributed by atoms with Gasteiger partial charge >= 0.3 is 0 Å². The summed E-state index contributed by atoms with van der Waals surface area (Å²) in [4.78, 5) is 4.26. The summed E-state index contributed by atoms with van der Waals surface area (Å²) in [6, 6.07) is 0. The van der Waals surface area contributed by atoms with Crippen LogP contribution in [0.1, 0.15) is 40.0 Å². The quantitative estimate of drug-likeness (QED) is 0.468. The van der Waals surface area contributed by atoms with Crippen LogP contribution in [0.15, 0.2) is 4.99 Å². The van der Waals surface area contributed by atoms with Gasteiger partial charge in [0.15, 0.2) is 5.96 Å². The Morgan fingerprint density at radius 3 is 2.40 bits per heavy atom. The van der Waals surface area contributed by atoms with Gasteiger partial charge in [-0.3, -0.25) is 4.99 Å². The summed E-state index contributed by atoms with van der Waals surface area (Å²) in [5.41, 5.74) is 0. The Balaban J connectivity index is 2.29. The van der Waals surface area contributed by atoms with E-state index in [1.54, 1.807) is 11.4 Å². The fourth-order valence-electron chi connectivity index (χ4n) is 3.06. The number of rotatable bonds is 9. The fraction of sp³-hybridized carbons (Fsp3) is 0.941. The molecular weight excluding hydrogens is 340 g/mol. The molecule has 1 atom stereocenters. The predicted molar refractivity (Wildman–Crippen MR) is 103 cm³/mol. The molecule has 2 N–H and O–H groups in total. The van der Waals surface area contributed by atoms with Gasteiger partial charge in [0.25, 0.3) is 0 Å². The summed E-state index contributed by atoms with van der Waals surface area (Å²) in [5.74, 6) is 1.77. The van der Waals surface area contributed by atoms with Gasteiger partial charge in [-0.15, -0.1) is 0 Å². The number of nitrogens with zero attached hydrogens (tertiary/aromatic N) is 2. The number of hydrogen-bond donors (Lipinski definition) is 2. The summed E-state index contributed by atoms with van der Waals surface area (Å²) in [6.07, 6.45) is 4.26. The average Bonchev–Trinajstić information content (AvgIpc) is 2.56. The Bertz CT molecular complexity index is 500. The van der Waals surface area contributed by atoms with E-state index < -0.39 is 10.0 Å². The highest BCUT2D eigenvalue weighted by atomic mass is 32.2. The number of aliphatic imine (C=N–C) groups is 1. The Morgan fingerprint density at radius 2 is 1.92 bits per heavy atom. The molecular formula is C17H36N4O3S. The van der Waals surface area contributed by atoms with E-state index in [4.69, 9.17) is 4.74 Å². The lowest BCUT2D eigenvalue weighted by atomic mass is 9.98. The van der Waals surface area contributed by atoms with E-state index in [9.17, 15) is 8.42 Å². The van der Waals surface area contributed by atoms with Crippen LogP contribution in [0.4, 0.5) is 0 Å². The molecule has 0 bridgehead atoms. The van der Waals surface area contributed by atoms with Crippen molar-refractivity contribution in [3.8, 4) is 0 Å². The van der Waals surface area contributed by atoms with Crippen molar-refractivity contribution in [3.05, 3.63) is 0 Å². The maximum atomic E-state index is 11.5. The molecule has 1 saturated heterocycles. The van der Waals surface area contributed by atoms with Gasteiger partial charge in [0.1, 0.15) is 0 Å². The van der Waals surface area contributed by atoms with E-state index in [1.807, 2.05) is 6.92 Å². The van der Waals surface area contributed by atoms with Crippen LogP contribution in [0.5, 0.6) is 0 Å². The van der Waals surface area contributed by atoms with E-state index >= 15 is 0 Å². The van der Waals surface area contributed by atoms with Crippen molar-refractivity contribution in [2.45, 2.75) is 46.1 Å². The van der Waals surface area contributed by atoms with E-state index in [2.05, 4.69) is 29.5 Å². The van der Waals surface area contributed by atoms with Crippen LogP contribution in [0.25, 0.3) is 0 Å². The van der Waals surface area contributed by atoms with Gasteiger partial charge in [-0.1, -0.05) is 13.8 Å². The molecule has 0 saturated carbocycles. The number of guanidine groups is 1. The lowest BCUT2D eigenvalue weighted by molar-refractivity contribution is 0.0258. The van der Waals surface area contributed by atoms with Crippen molar-refractivity contribution >= 4 is 16.0 Å². The topological polar surface area (TPSA) is 83.0 Å². The van der Waals surface area contributed by atoms with Crippen LogP contribution < -0.4 is 10.6 Å². The van der Waals surface area contributed by atoms with Crippen molar-refractivity contribution in [2.24, 2.45) is 16.8 Å². The number of ether oxygens (including phenoxy) is 1. The standard InChI is InChI=1S/C17H36N4O3S/c1-6-24-16(14(2)3)7-10-19-17(18-4)20-13-15-8-11-21(12-9-15)25(5,22)23/h14-16H,6-13H2,1-5H3,(H2,18,19,20). The van der Waals surface area contributed by atoms with E-state index in [1.165, 1.54) is 6.26 Å². The van der Waals surface area contributed by atoms with Gasteiger partial charge < -0.3 is 15.4 Å². The minimum atomic E-state index is -3.05. The van der Waals surface area contributed by atoms with Crippen molar-refractivity contribution in [1.29, 1.82) is 0 Å². The maximum absolute atomic E-state index is 11.5. The van der Waals surface area contributed by atoms with Crippen LogP contribution >= 0.6 is 0 Å². The molecule has 1 heterocycles. The van der Waals surface area contributed by atoms with Crippen LogP contribution in [0.2, 0.25) is 0 Å². The Hall–Kier alpha value is -0.860. The molecule has 0 amide bonds. The van der Waals surface area contributed by atoms with Gasteiger partial charge in [-0.05, 0) is 38.0 Å². The maximum Gasteiger partial charge on any atom is 0.211 e. The zero-order valence-electron chi connectivity index (χ0n) is 16.4. The molecule has 0 spiro atoms. The Morgan fingerprint density at radius 1 is 1.28 bits per heavy atom. The first-order valence-corrected chi connectivity index (χ1v) is 11.1. The normalized spacial score (nSPS) is 19.2. The molecule has 1 unspecified atom stereocenters. The lowest BCUT2D eigenvalue weighted by Gasteiger charge is -2.30. The van der Waals surface area contributed by atoms with Crippen molar-refractivity contribution in [3.63, 3.8) is 0 Å². The SMILES string of the molecule is CCOC(CCNC(=NC)NCC1CCN(S(C)(=O)=O)CC1)C(C)C. The minimum absolute atomic E-state index is 0.260. The smallest absolute Gasteiger partial charge is 0.211 e. The Kier molecular flexibility index (Phi) is 9.74. The van der Waals surface area contributed by atoms with Gasteiger partial charge in [0.05, 0.1) is 12.4 Å². The molecule has 1 aliphatic rings. The second-order valence-corrected chi connectivity index (χ2v) is 8.99. The fourth-order valence-corrected chi connectivity index (χ4v) is 3.94. The summed E-state index contributed by atoms with van der Waals surface area (Å²) in [7, 11) is -1.28. The molecule has 0 radical (unpaired) electrons. The summed E-state index contributed by atoms with van der Waals surface area (Å²) in [6.45, 7) is 9.97. The lowest BCUT2D eigenvalue weighted by Crippen LogP contribution is -2.44. The highest BCUT2D eigenvalue weighted by Crippen LogP contribution is 2.18. The molecule has 1 rings (SSSR count). The molecule has 148 valence electrons. The zero-order valence-corrected chi connectivity index (χ0v) is 17.2.